The molecule has 106 valence electrons. The van der Waals surface area contributed by atoms with E-state index in [0.29, 0.717) is 12.5 Å². The molecule has 1 N–H and O–H groups in total. The Morgan fingerprint density at radius 3 is 2.85 bits per heavy atom. The molecule has 0 spiro atoms. The average molecular weight is 270 g/mol. The fourth-order valence-corrected chi connectivity index (χ4v) is 2.12. The maximum atomic E-state index is 5.74. The van der Waals surface area contributed by atoms with Gasteiger partial charge in [0.1, 0.15) is 0 Å². The molecule has 0 saturated heterocycles. The second kappa shape index (κ2) is 7.65. The van der Waals surface area contributed by atoms with E-state index in [1.165, 1.54) is 10.9 Å². The van der Waals surface area contributed by atoms with E-state index in [4.69, 9.17) is 4.74 Å². The predicted octanol–water partition coefficient (Wildman–Crippen LogP) is 3.69. The summed E-state index contributed by atoms with van der Waals surface area (Å²) in [4.78, 5) is 4.46. The maximum Gasteiger partial charge on any atom is 0.221 e. The van der Waals surface area contributed by atoms with Gasteiger partial charge in [-0.05, 0) is 36.4 Å². The molecule has 2 rings (SSSR count). The van der Waals surface area contributed by atoms with Crippen LogP contribution in [0.15, 0.2) is 43.1 Å². The van der Waals surface area contributed by atoms with Crippen LogP contribution in [-0.4, -0.2) is 18.1 Å². The second-order valence-electron chi connectivity index (χ2n) is 4.74. The summed E-state index contributed by atoms with van der Waals surface area (Å²) >= 11 is 0. The first-order chi connectivity index (χ1) is 9.86. The van der Waals surface area contributed by atoms with E-state index in [0.717, 1.165) is 31.3 Å². The van der Waals surface area contributed by atoms with Crippen molar-refractivity contribution < 1.29 is 4.74 Å². The third-order valence-corrected chi connectivity index (χ3v) is 3.14. The molecule has 0 aliphatic rings. The number of ether oxygens (including phenoxy) is 1. The Morgan fingerprint density at radius 2 is 2.10 bits per heavy atom. The van der Waals surface area contributed by atoms with Gasteiger partial charge in [0.2, 0.25) is 5.88 Å². The van der Waals surface area contributed by atoms with Crippen molar-refractivity contribution in [2.75, 3.05) is 13.2 Å². The first-order valence-corrected chi connectivity index (χ1v) is 7.17. The lowest BCUT2D eigenvalue weighted by atomic mass is 10.1. The Morgan fingerprint density at radius 1 is 1.30 bits per heavy atom. The molecule has 20 heavy (non-hydrogen) atoms. The van der Waals surface area contributed by atoms with Gasteiger partial charge in [0.15, 0.2) is 0 Å². The van der Waals surface area contributed by atoms with Crippen LogP contribution >= 0.6 is 0 Å². The fourth-order valence-electron chi connectivity index (χ4n) is 2.12. The molecule has 0 saturated carbocycles. The van der Waals surface area contributed by atoms with Gasteiger partial charge in [-0.3, -0.25) is 0 Å². The van der Waals surface area contributed by atoms with Crippen LogP contribution in [0.5, 0.6) is 5.88 Å². The van der Waals surface area contributed by atoms with Crippen LogP contribution in [0.2, 0.25) is 0 Å². The third kappa shape index (κ3) is 3.58. The average Bonchev–Trinajstić information content (AvgIpc) is 2.49. The van der Waals surface area contributed by atoms with Gasteiger partial charge in [-0.15, -0.1) is 6.58 Å². The zero-order chi connectivity index (χ0) is 14.2. The first-order valence-electron chi connectivity index (χ1n) is 7.17. The Bertz CT molecular complexity index is 566. The molecule has 0 radical (unpaired) electrons. The zero-order valence-corrected chi connectivity index (χ0v) is 12.1. The van der Waals surface area contributed by atoms with E-state index >= 15 is 0 Å². The Balaban J connectivity index is 2.24. The van der Waals surface area contributed by atoms with Gasteiger partial charge in [0, 0.05) is 18.1 Å². The summed E-state index contributed by atoms with van der Waals surface area (Å²) in [6.07, 6.45) is 5.73. The topological polar surface area (TPSA) is 34.1 Å². The Kier molecular flexibility index (Phi) is 5.56. The van der Waals surface area contributed by atoms with Gasteiger partial charge in [0.05, 0.1) is 6.61 Å². The molecule has 0 bridgehead atoms. The van der Waals surface area contributed by atoms with Crippen LogP contribution < -0.4 is 10.1 Å². The Hall–Kier alpha value is -1.87. The lowest BCUT2D eigenvalue weighted by molar-refractivity contribution is 0.316. The van der Waals surface area contributed by atoms with Crippen molar-refractivity contribution in [1.82, 2.24) is 10.3 Å². The number of rotatable bonds is 8. The summed E-state index contributed by atoms with van der Waals surface area (Å²) in [6.45, 7) is 8.35. The van der Waals surface area contributed by atoms with Gasteiger partial charge in [0.25, 0.3) is 0 Å². The lowest BCUT2D eigenvalue weighted by Gasteiger charge is -2.11. The van der Waals surface area contributed by atoms with Crippen molar-refractivity contribution in [3.05, 3.63) is 48.7 Å². The van der Waals surface area contributed by atoms with E-state index in [1.807, 2.05) is 18.3 Å². The number of fused-ring (bicyclic) bond motifs is 1. The minimum Gasteiger partial charge on any atom is -0.477 e. The summed E-state index contributed by atoms with van der Waals surface area (Å²) in [6, 6.07) is 8.27. The normalized spacial score (nSPS) is 10.7. The first kappa shape index (κ1) is 14.5. The van der Waals surface area contributed by atoms with Gasteiger partial charge in [-0.25, -0.2) is 4.98 Å². The summed E-state index contributed by atoms with van der Waals surface area (Å²) in [5, 5.41) is 5.71. The molecule has 1 heterocycles. The van der Waals surface area contributed by atoms with Gasteiger partial charge in [-0.1, -0.05) is 31.2 Å². The SMILES string of the molecule is C=CCCOc1ncc(CNCCC)c2ccccc12. The monoisotopic (exact) mass is 270 g/mol. The molecule has 1 aromatic carbocycles. The molecule has 3 heteroatoms. The Labute approximate surface area is 120 Å². The van der Waals surface area contributed by atoms with Gasteiger partial charge >= 0.3 is 0 Å². The fraction of sp³-hybridized carbons (Fsp3) is 0.353. The molecule has 0 amide bonds. The van der Waals surface area contributed by atoms with Crippen LogP contribution in [0.3, 0.4) is 0 Å². The van der Waals surface area contributed by atoms with E-state index in [2.05, 4.69) is 42.0 Å². The van der Waals surface area contributed by atoms with Crippen LogP contribution in [0.25, 0.3) is 10.8 Å². The molecule has 2 aromatic rings. The van der Waals surface area contributed by atoms with Crippen LogP contribution in [0, 0.1) is 0 Å². The lowest BCUT2D eigenvalue weighted by Crippen LogP contribution is -2.14. The number of nitrogens with one attached hydrogen (secondary N) is 1. The molecule has 1 aromatic heterocycles. The minimum absolute atomic E-state index is 0.619. The smallest absolute Gasteiger partial charge is 0.221 e. The highest BCUT2D eigenvalue weighted by molar-refractivity contribution is 5.89. The summed E-state index contributed by atoms with van der Waals surface area (Å²) < 4.78 is 5.74. The molecular formula is C17H22N2O. The molecular weight excluding hydrogens is 248 g/mol. The maximum absolute atomic E-state index is 5.74. The number of aromatic nitrogens is 1. The number of hydrogen-bond donors (Lipinski definition) is 1. The number of benzene rings is 1. The largest absolute Gasteiger partial charge is 0.477 e. The van der Waals surface area contributed by atoms with E-state index < -0.39 is 0 Å². The summed E-state index contributed by atoms with van der Waals surface area (Å²) in [5.74, 6) is 0.710. The quantitative estimate of drug-likeness (QED) is 0.587. The number of pyridine rings is 1. The molecule has 0 aliphatic carbocycles. The van der Waals surface area contributed by atoms with E-state index in [1.54, 1.807) is 0 Å². The standard InChI is InChI=1S/C17H22N2O/c1-3-5-11-20-17-16-9-7-6-8-15(16)14(13-19-17)12-18-10-4-2/h3,6-9,13,18H,1,4-5,10-12H2,2H3. The summed E-state index contributed by atoms with van der Waals surface area (Å²) in [5.41, 5.74) is 1.21. The molecule has 0 fully saturated rings. The van der Waals surface area contributed by atoms with Crippen molar-refractivity contribution in [3.63, 3.8) is 0 Å². The minimum atomic E-state index is 0.619. The second-order valence-corrected chi connectivity index (χ2v) is 4.74. The van der Waals surface area contributed by atoms with Crippen molar-refractivity contribution >= 4 is 10.8 Å². The van der Waals surface area contributed by atoms with Crippen molar-refractivity contribution in [2.45, 2.75) is 26.3 Å². The van der Waals surface area contributed by atoms with Crippen LogP contribution in [0.4, 0.5) is 0 Å². The van der Waals surface area contributed by atoms with Crippen LogP contribution in [-0.2, 0) is 6.54 Å². The molecule has 0 unspecified atom stereocenters. The number of hydrogen-bond acceptors (Lipinski definition) is 3. The third-order valence-electron chi connectivity index (χ3n) is 3.14. The van der Waals surface area contributed by atoms with E-state index in [9.17, 15) is 0 Å². The highest BCUT2D eigenvalue weighted by atomic mass is 16.5. The molecule has 0 aliphatic heterocycles. The summed E-state index contributed by atoms with van der Waals surface area (Å²) in [7, 11) is 0. The zero-order valence-electron chi connectivity index (χ0n) is 12.1. The molecule has 3 nitrogen and oxygen atoms in total. The van der Waals surface area contributed by atoms with E-state index in [-0.39, 0.29) is 0 Å². The highest BCUT2D eigenvalue weighted by Crippen LogP contribution is 2.26. The predicted molar refractivity (Wildman–Crippen MR) is 84.0 cm³/mol. The van der Waals surface area contributed by atoms with Crippen molar-refractivity contribution in [3.8, 4) is 5.88 Å². The van der Waals surface area contributed by atoms with Gasteiger partial charge < -0.3 is 10.1 Å². The molecule has 0 atom stereocenters. The van der Waals surface area contributed by atoms with Gasteiger partial charge in [-0.2, -0.15) is 0 Å². The van der Waals surface area contributed by atoms with Crippen molar-refractivity contribution in [2.24, 2.45) is 0 Å². The van der Waals surface area contributed by atoms with Crippen LogP contribution in [0.1, 0.15) is 25.3 Å². The highest BCUT2D eigenvalue weighted by Gasteiger charge is 2.07. The number of nitrogens with zero attached hydrogens (tertiary/aromatic N) is 1. The van der Waals surface area contributed by atoms with Crippen molar-refractivity contribution in [1.29, 1.82) is 0 Å².